The van der Waals surface area contributed by atoms with Crippen LogP contribution in [0.1, 0.15) is 19.4 Å². The Morgan fingerprint density at radius 2 is 1.93 bits per heavy atom. The number of nitrogens with one attached hydrogen (secondary N) is 1. The number of benzene rings is 1. The first-order valence-corrected chi connectivity index (χ1v) is 4.57. The van der Waals surface area contributed by atoms with Crippen molar-refractivity contribution in [3.8, 4) is 0 Å². The number of nitrogens with two attached hydrogens (primary N) is 1. The standard InChI is InChI=1S/C11H16N2O/c1-8-6-4-5-7-9(8)13-11(2,3)10(12)14/h4-7,13H,1-3H3,(H2,12,14). The summed E-state index contributed by atoms with van der Waals surface area (Å²) in [6.45, 7) is 5.52. The summed E-state index contributed by atoms with van der Waals surface area (Å²) in [7, 11) is 0. The van der Waals surface area contributed by atoms with Gasteiger partial charge < -0.3 is 11.1 Å². The molecule has 1 aromatic carbocycles. The molecule has 3 nitrogen and oxygen atoms in total. The van der Waals surface area contributed by atoms with E-state index in [4.69, 9.17) is 5.73 Å². The number of carbonyl (C=O) groups is 1. The van der Waals surface area contributed by atoms with Crippen LogP contribution in [-0.2, 0) is 4.79 Å². The fraction of sp³-hybridized carbons (Fsp3) is 0.364. The molecule has 0 aliphatic rings. The highest BCUT2D eigenvalue weighted by Gasteiger charge is 2.24. The van der Waals surface area contributed by atoms with E-state index in [1.165, 1.54) is 0 Å². The van der Waals surface area contributed by atoms with E-state index in [0.29, 0.717) is 0 Å². The first kappa shape index (κ1) is 10.6. The third-order valence-electron chi connectivity index (χ3n) is 2.21. The zero-order valence-electron chi connectivity index (χ0n) is 8.79. The van der Waals surface area contributed by atoms with Crippen molar-refractivity contribution >= 4 is 11.6 Å². The Bertz CT molecular complexity index is 345. The van der Waals surface area contributed by atoms with Gasteiger partial charge in [-0.05, 0) is 32.4 Å². The highest BCUT2D eigenvalue weighted by atomic mass is 16.1. The number of carbonyl (C=O) groups excluding carboxylic acids is 1. The predicted octanol–water partition coefficient (Wildman–Crippen LogP) is 1.67. The molecule has 0 saturated heterocycles. The van der Waals surface area contributed by atoms with Crippen molar-refractivity contribution < 1.29 is 4.79 Å². The van der Waals surface area contributed by atoms with Crippen LogP contribution < -0.4 is 11.1 Å². The van der Waals surface area contributed by atoms with E-state index in [2.05, 4.69) is 5.32 Å². The lowest BCUT2D eigenvalue weighted by atomic mass is 10.0. The molecule has 0 unspecified atom stereocenters. The Morgan fingerprint density at radius 1 is 1.36 bits per heavy atom. The number of anilines is 1. The van der Waals surface area contributed by atoms with Gasteiger partial charge in [-0.1, -0.05) is 18.2 Å². The maximum Gasteiger partial charge on any atom is 0.242 e. The van der Waals surface area contributed by atoms with Gasteiger partial charge in [-0.25, -0.2) is 0 Å². The number of para-hydroxylation sites is 1. The van der Waals surface area contributed by atoms with Crippen molar-refractivity contribution in [3.05, 3.63) is 29.8 Å². The molecule has 0 bridgehead atoms. The summed E-state index contributed by atoms with van der Waals surface area (Å²) >= 11 is 0. The normalized spacial score (nSPS) is 11.1. The first-order valence-electron chi connectivity index (χ1n) is 4.57. The third kappa shape index (κ3) is 2.25. The number of aryl methyl sites for hydroxylation is 1. The minimum absolute atomic E-state index is 0.360. The molecule has 1 amide bonds. The molecule has 3 heteroatoms. The van der Waals surface area contributed by atoms with E-state index < -0.39 is 5.54 Å². The van der Waals surface area contributed by atoms with Crippen molar-refractivity contribution in [1.29, 1.82) is 0 Å². The molecular weight excluding hydrogens is 176 g/mol. The van der Waals surface area contributed by atoms with Crippen molar-refractivity contribution in [1.82, 2.24) is 0 Å². The van der Waals surface area contributed by atoms with E-state index in [1.54, 1.807) is 13.8 Å². The van der Waals surface area contributed by atoms with E-state index in [0.717, 1.165) is 11.3 Å². The molecule has 0 aliphatic heterocycles. The molecule has 0 atom stereocenters. The van der Waals surface area contributed by atoms with Crippen LogP contribution in [0.2, 0.25) is 0 Å². The second kappa shape index (κ2) is 3.70. The van der Waals surface area contributed by atoms with Crippen LogP contribution in [0.15, 0.2) is 24.3 Å². The molecule has 1 aromatic rings. The van der Waals surface area contributed by atoms with Gasteiger partial charge in [0.15, 0.2) is 0 Å². The second-order valence-corrected chi connectivity index (χ2v) is 3.93. The fourth-order valence-corrected chi connectivity index (χ4v) is 1.11. The summed E-state index contributed by atoms with van der Waals surface area (Å²) in [4.78, 5) is 11.1. The Morgan fingerprint density at radius 3 is 2.43 bits per heavy atom. The van der Waals surface area contributed by atoms with Gasteiger partial charge in [-0.3, -0.25) is 4.79 Å². The average molecular weight is 192 g/mol. The number of hydrogen-bond acceptors (Lipinski definition) is 2. The quantitative estimate of drug-likeness (QED) is 0.765. The van der Waals surface area contributed by atoms with Gasteiger partial charge in [0, 0.05) is 5.69 Å². The summed E-state index contributed by atoms with van der Waals surface area (Å²) in [5, 5.41) is 3.11. The summed E-state index contributed by atoms with van der Waals surface area (Å²) in [6, 6.07) is 7.80. The summed E-state index contributed by atoms with van der Waals surface area (Å²) in [5.74, 6) is -0.360. The largest absolute Gasteiger partial charge is 0.371 e. The maximum atomic E-state index is 11.1. The summed E-state index contributed by atoms with van der Waals surface area (Å²) in [6.07, 6.45) is 0. The van der Waals surface area contributed by atoms with Crippen molar-refractivity contribution in [2.75, 3.05) is 5.32 Å². The zero-order chi connectivity index (χ0) is 10.8. The van der Waals surface area contributed by atoms with Crippen LogP contribution in [0.3, 0.4) is 0 Å². The Labute approximate surface area is 84.3 Å². The van der Waals surface area contributed by atoms with Gasteiger partial charge in [0.2, 0.25) is 5.91 Å². The molecule has 1 rings (SSSR count). The van der Waals surface area contributed by atoms with E-state index in [9.17, 15) is 4.79 Å². The molecule has 0 aliphatic carbocycles. The molecule has 14 heavy (non-hydrogen) atoms. The number of rotatable bonds is 3. The molecule has 0 aromatic heterocycles. The van der Waals surface area contributed by atoms with E-state index >= 15 is 0 Å². The second-order valence-electron chi connectivity index (χ2n) is 3.93. The van der Waals surface area contributed by atoms with Crippen LogP contribution in [0, 0.1) is 6.92 Å². The van der Waals surface area contributed by atoms with Gasteiger partial charge in [0.1, 0.15) is 5.54 Å². The Hall–Kier alpha value is -1.51. The van der Waals surface area contributed by atoms with E-state index in [1.807, 2.05) is 31.2 Å². The van der Waals surface area contributed by atoms with Crippen LogP contribution in [-0.4, -0.2) is 11.4 Å². The summed E-state index contributed by atoms with van der Waals surface area (Å²) < 4.78 is 0. The Kier molecular flexibility index (Phi) is 2.79. The van der Waals surface area contributed by atoms with Crippen LogP contribution in [0.4, 0.5) is 5.69 Å². The molecule has 76 valence electrons. The number of amides is 1. The molecule has 0 radical (unpaired) electrons. The molecule has 0 heterocycles. The average Bonchev–Trinajstić information content (AvgIpc) is 2.08. The van der Waals surface area contributed by atoms with Gasteiger partial charge in [-0.15, -0.1) is 0 Å². The van der Waals surface area contributed by atoms with Crippen molar-refractivity contribution in [3.63, 3.8) is 0 Å². The molecule has 0 spiro atoms. The molecule has 0 saturated carbocycles. The molecular formula is C11H16N2O. The highest BCUT2D eigenvalue weighted by Crippen LogP contribution is 2.18. The number of primary amides is 1. The van der Waals surface area contributed by atoms with Crippen LogP contribution in [0.5, 0.6) is 0 Å². The smallest absolute Gasteiger partial charge is 0.242 e. The minimum Gasteiger partial charge on any atom is -0.371 e. The minimum atomic E-state index is -0.716. The van der Waals surface area contributed by atoms with Gasteiger partial charge >= 0.3 is 0 Å². The van der Waals surface area contributed by atoms with Crippen LogP contribution in [0.25, 0.3) is 0 Å². The lowest BCUT2D eigenvalue weighted by Crippen LogP contribution is -2.45. The lowest BCUT2D eigenvalue weighted by Gasteiger charge is -2.24. The first-order chi connectivity index (χ1) is 6.43. The van der Waals surface area contributed by atoms with Crippen molar-refractivity contribution in [2.45, 2.75) is 26.3 Å². The van der Waals surface area contributed by atoms with E-state index in [-0.39, 0.29) is 5.91 Å². The van der Waals surface area contributed by atoms with Crippen LogP contribution >= 0.6 is 0 Å². The summed E-state index contributed by atoms with van der Waals surface area (Å²) in [5.41, 5.74) is 6.59. The zero-order valence-corrected chi connectivity index (χ0v) is 8.79. The third-order valence-corrected chi connectivity index (χ3v) is 2.21. The maximum absolute atomic E-state index is 11.1. The van der Waals surface area contributed by atoms with Gasteiger partial charge in [0.25, 0.3) is 0 Å². The van der Waals surface area contributed by atoms with Gasteiger partial charge in [0.05, 0.1) is 0 Å². The predicted molar refractivity (Wildman–Crippen MR) is 58.1 cm³/mol. The topological polar surface area (TPSA) is 55.1 Å². The van der Waals surface area contributed by atoms with Crippen molar-refractivity contribution in [2.24, 2.45) is 5.73 Å². The van der Waals surface area contributed by atoms with Gasteiger partial charge in [-0.2, -0.15) is 0 Å². The SMILES string of the molecule is Cc1ccccc1NC(C)(C)C(N)=O. The lowest BCUT2D eigenvalue weighted by molar-refractivity contribution is -0.121. The fourth-order valence-electron chi connectivity index (χ4n) is 1.11. The molecule has 0 fully saturated rings. The Balaban J connectivity index is 2.89. The monoisotopic (exact) mass is 192 g/mol. The molecule has 3 N–H and O–H groups in total. The highest BCUT2D eigenvalue weighted by molar-refractivity contribution is 5.87. The number of hydrogen-bond donors (Lipinski definition) is 2.